The monoisotopic (exact) mass is 534 g/mol. The van der Waals surface area contributed by atoms with Crippen molar-refractivity contribution in [1.29, 1.82) is 0 Å². The molecule has 0 spiro atoms. The van der Waals surface area contributed by atoms with E-state index in [1.165, 1.54) is 0 Å². The van der Waals surface area contributed by atoms with E-state index in [-0.39, 0.29) is 35.5 Å². The van der Waals surface area contributed by atoms with Crippen molar-refractivity contribution < 1.29 is 19.4 Å². The number of para-hydroxylation sites is 1. The number of rotatable bonds is 19. The first-order valence-corrected chi connectivity index (χ1v) is 14.3. The first-order valence-electron chi connectivity index (χ1n) is 14.3. The summed E-state index contributed by atoms with van der Waals surface area (Å²) in [4.78, 5) is 27.8. The van der Waals surface area contributed by atoms with E-state index in [4.69, 9.17) is 10.5 Å². The lowest BCUT2D eigenvalue weighted by molar-refractivity contribution is -0.127. The molecule has 0 aromatic heterocycles. The number of aliphatic hydroxyl groups is 1. The van der Waals surface area contributed by atoms with Crippen LogP contribution in [-0.4, -0.2) is 74.3 Å². The average molecular weight is 535 g/mol. The van der Waals surface area contributed by atoms with Gasteiger partial charge in [0.25, 0.3) is 5.91 Å². The second-order valence-corrected chi connectivity index (χ2v) is 11.4. The summed E-state index contributed by atoms with van der Waals surface area (Å²) < 4.78 is 5.89. The molecule has 4 atom stereocenters. The van der Waals surface area contributed by atoms with Gasteiger partial charge in [0.1, 0.15) is 5.75 Å². The Labute approximate surface area is 231 Å². The lowest BCUT2D eigenvalue weighted by Crippen LogP contribution is -2.44. The van der Waals surface area contributed by atoms with Crippen molar-refractivity contribution in [2.75, 3.05) is 40.3 Å². The molecule has 38 heavy (non-hydrogen) atoms. The zero-order valence-corrected chi connectivity index (χ0v) is 24.8. The molecule has 0 radical (unpaired) electrons. The molecule has 0 heterocycles. The Morgan fingerprint density at radius 3 is 2.32 bits per heavy atom. The Bertz CT molecular complexity index is 815. The normalized spacial score (nSPS) is 14.8. The van der Waals surface area contributed by atoms with Gasteiger partial charge in [-0.25, -0.2) is 0 Å². The van der Waals surface area contributed by atoms with E-state index in [1.807, 2.05) is 46.1 Å². The second-order valence-electron chi connectivity index (χ2n) is 11.4. The highest BCUT2D eigenvalue weighted by molar-refractivity contribution is 5.96. The van der Waals surface area contributed by atoms with Gasteiger partial charge >= 0.3 is 0 Å². The molecule has 0 aliphatic carbocycles. The van der Waals surface area contributed by atoms with Crippen molar-refractivity contribution in [1.82, 2.24) is 15.5 Å². The topological polar surface area (TPSA) is 117 Å². The summed E-state index contributed by atoms with van der Waals surface area (Å²) in [5, 5.41) is 16.9. The van der Waals surface area contributed by atoms with Crippen LogP contribution in [0.1, 0.15) is 77.1 Å². The molecule has 2 amide bonds. The minimum atomic E-state index is -0.799. The summed E-state index contributed by atoms with van der Waals surface area (Å²) in [6, 6.07) is 6.80. The van der Waals surface area contributed by atoms with Crippen LogP contribution in [0.2, 0.25) is 0 Å². The zero-order valence-electron chi connectivity index (χ0n) is 24.8. The molecule has 0 saturated heterocycles. The van der Waals surface area contributed by atoms with Gasteiger partial charge in [0.15, 0.2) is 0 Å². The minimum Gasteiger partial charge on any atom is -0.493 e. The lowest BCUT2D eigenvalue weighted by atomic mass is 9.83. The van der Waals surface area contributed by atoms with Crippen LogP contribution >= 0.6 is 0 Å². The van der Waals surface area contributed by atoms with Crippen LogP contribution < -0.4 is 21.1 Å². The molecule has 1 aromatic carbocycles. The summed E-state index contributed by atoms with van der Waals surface area (Å²) in [5.41, 5.74) is 6.95. The number of unbranched alkanes of at least 4 members (excludes halogenated alkanes) is 1. The summed E-state index contributed by atoms with van der Waals surface area (Å²) in [6.45, 7) is 12.8. The maximum Gasteiger partial charge on any atom is 0.255 e. The molecule has 0 unspecified atom stereocenters. The van der Waals surface area contributed by atoms with Crippen molar-refractivity contribution in [2.24, 2.45) is 29.4 Å². The molecular weight excluding hydrogens is 480 g/mol. The van der Waals surface area contributed by atoms with Crippen molar-refractivity contribution in [3.8, 4) is 5.75 Å². The highest BCUT2D eigenvalue weighted by Crippen LogP contribution is 2.24. The van der Waals surface area contributed by atoms with Gasteiger partial charge in [0, 0.05) is 31.6 Å². The van der Waals surface area contributed by atoms with E-state index < -0.39 is 12.1 Å². The molecule has 5 N–H and O–H groups in total. The number of carbonyl (C=O) groups is 2. The highest BCUT2D eigenvalue weighted by atomic mass is 16.5. The zero-order chi connectivity index (χ0) is 28.7. The van der Waals surface area contributed by atoms with E-state index in [0.717, 1.165) is 25.8 Å². The minimum absolute atomic E-state index is 0.0185. The molecule has 8 heteroatoms. The first-order chi connectivity index (χ1) is 18.0. The Hall–Kier alpha value is -2.16. The fourth-order valence-electron chi connectivity index (χ4n) is 4.40. The number of ether oxygens (including phenoxy) is 1. The van der Waals surface area contributed by atoms with Crippen molar-refractivity contribution in [3.05, 3.63) is 29.8 Å². The van der Waals surface area contributed by atoms with Crippen LogP contribution in [0.4, 0.5) is 0 Å². The Kier molecular flexibility index (Phi) is 16.2. The summed E-state index contributed by atoms with van der Waals surface area (Å²) >= 11 is 0. The van der Waals surface area contributed by atoms with Gasteiger partial charge in [-0.2, -0.15) is 0 Å². The molecule has 8 nitrogen and oxygen atoms in total. The molecule has 0 bridgehead atoms. The fraction of sp³-hybridized carbons (Fsp3) is 0.733. The van der Waals surface area contributed by atoms with Gasteiger partial charge in [-0.1, -0.05) is 53.2 Å². The number of nitrogens with zero attached hydrogens (tertiary/aromatic N) is 1. The number of hydrogen-bond donors (Lipinski definition) is 4. The molecule has 0 fully saturated rings. The van der Waals surface area contributed by atoms with Gasteiger partial charge in [-0.15, -0.1) is 0 Å². The maximum atomic E-state index is 13.0. The van der Waals surface area contributed by atoms with Crippen LogP contribution in [-0.2, 0) is 4.79 Å². The van der Waals surface area contributed by atoms with E-state index in [1.54, 1.807) is 6.07 Å². The SMILES string of the molecule is CCCCNC(=O)[C@@H](C[C@H](O)[C@@H](N)C[C@H](CNC(=O)c1ccccc1OCCCN(C)C)C(C)C)C(C)C. The second kappa shape index (κ2) is 18.2. The number of carbonyl (C=O) groups excluding carboxylic acids is 2. The van der Waals surface area contributed by atoms with Gasteiger partial charge in [0.05, 0.1) is 18.3 Å². The summed E-state index contributed by atoms with van der Waals surface area (Å²) in [5.74, 6) is 0.514. The molecule has 1 aromatic rings. The number of nitrogens with two attached hydrogens (primary N) is 1. The molecule has 0 saturated carbocycles. The standard InChI is InChI=1S/C30H54N4O4/c1-8-9-15-32-30(37)25(22(4)5)19-27(35)26(31)18-23(21(2)3)20-33-29(36)24-13-10-11-14-28(24)38-17-12-16-34(6)7/h10-11,13-14,21-23,25-27,35H,8-9,12,15-20,31H2,1-7H3,(H,32,37)(H,33,36)/t23-,25+,26+,27+/m1/s1. The van der Waals surface area contributed by atoms with Crippen LogP contribution in [0.5, 0.6) is 5.75 Å². The largest absolute Gasteiger partial charge is 0.493 e. The predicted molar refractivity (Wildman–Crippen MR) is 155 cm³/mol. The Morgan fingerprint density at radius 2 is 1.71 bits per heavy atom. The number of benzene rings is 1. The third-order valence-corrected chi connectivity index (χ3v) is 7.14. The third-order valence-electron chi connectivity index (χ3n) is 7.14. The van der Waals surface area contributed by atoms with Crippen LogP contribution in [0.25, 0.3) is 0 Å². The molecule has 1 rings (SSSR count). The Morgan fingerprint density at radius 1 is 1.03 bits per heavy atom. The van der Waals surface area contributed by atoms with Crippen LogP contribution in [0.15, 0.2) is 24.3 Å². The van der Waals surface area contributed by atoms with Crippen molar-refractivity contribution >= 4 is 11.8 Å². The van der Waals surface area contributed by atoms with E-state index in [9.17, 15) is 14.7 Å². The number of nitrogens with one attached hydrogen (secondary N) is 2. The van der Waals surface area contributed by atoms with Gasteiger partial charge < -0.3 is 31.1 Å². The number of amides is 2. The van der Waals surface area contributed by atoms with E-state index >= 15 is 0 Å². The summed E-state index contributed by atoms with van der Waals surface area (Å²) in [6.07, 6.45) is 2.90. The Balaban J connectivity index is 2.71. The number of aliphatic hydroxyl groups excluding tert-OH is 1. The van der Waals surface area contributed by atoms with E-state index in [2.05, 4.69) is 36.3 Å². The average Bonchev–Trinajstić information content (AvgIpc) is 2.86. The van der Waals surface area contributed by atoms with Crippen LogP contribution in [0.3, 0.4) is 0 Å². The fourth-order valence-corrected chi connectivity index (χ4v) is 4.40. The van der Waals surface area contributed by atoms with Gasteiger partial charge in [-0.3, -0.25) is 9.59 Å². The predicted octanol–water partition coefficient (Wildman–Crippen LogP) is 3.68. The molecule has 0 aliphatic rings. The van der Waals surface area contributed by atoms with Crippen LogP contribution in [0, 0.1) is 23.7 Å². The van der Waals surface area contributed by atoms with Crippen molar-refractivity contribution in [2.45, 2.75) is 78.9 Å². The highest BCUT2D eigenvalue weighted by Gasteiger charge is 2.29. The van der Waals surface area contributed by atoms with E-state index in [0.29, 0.717) is 43.9 Å². The molecular formula is C30H54N4O4. The number of hydrogen-bond acceptors (Lipinski definition) is 6. The third kappa shape index (κ3) is 12.6. The van der Waals surface area contributed by atoms with Gasteiger partial charge in [-0.05, 0) is 69.7 Å². The quantitative estimate of drug-likeness (QED) is 0.201. The maximum absolute atomic E-state index is 13.0. The summed E-state index contributed by atoms with van der Waals surface area (Å²) in [7, 11) is 4.04. The van der Waals surface area contributed by atoms with Crippen molar-refractivity contribution in [3.63, 3.8) is 0 Å². The first kappa shape index (κ1) is 33.9. The molecule has 218 valence electrons. The van der Waals surface area contributed by atoms with Gasteiger partial charge in [0.2, 0.25) is 5.91 Å². The smallest absolute Gasteiger partial charge is 0.255 e. The molecule has 0 aliphatic heterocycles. The lowest BCUT2D eigenvalue weighted by Gasteiger charge is -2.30.